The molecule has 1 heterocycles. The molecule has 3 aliphatic rings. The molecule has 2 saturated carbocycles. The van der Waals surface area contributed by atoms with Crippen LogP contribution >= 0.6 is 0 Å². The van der Waals surface area contributed by atoms with Gasteiger partial charge >= 0.3 is 0 Å². The van der Waals surface area contributed by atoms with E-state index in [2.05, 4.69) is 17.6 Å². The summed E-state index contributed by atoms with van der Waals surface area (Å²) in [6.07, 6.45) is 5.29. The number of anilines is 1. The zero-order valence-electron chi connectivity index (χ0n) is 13.3. The second-order valence-corrected chi connectivity index (χ2v) is 7.15. The molecular weight excluding hydrogens is 292 g/mol. The van der Waals surface area contributed by atoms with Crippen LogP contribution < -0.4 is 15.4 Å². The monoisotopic (exact) mass is 314 g/mol. The molecule has 4 atom stereocenters. The van der Waals surface area contributed by atoms with Crippen molar-refractivity contribution >= 4 is 17.5 Å². The lowest BCUT2D eigenvalue weighted by atomic mass is 9.84. The summed E-state index contributed by atoms with van der Waals surface area (Å²) in [4.78, 5) is 23.8. The number of hydrogen-bond acceptors (Lipinski definition) is 3. The van der Waals surface area contributed by atoms with Crippen LogP contribution in [-0.4, -0.2) is 24.5 Å². The van der Waals surface area contributed by atoms with Gasteiger partial charge in [0.1, 0.15) is 5.75 Å². The number of carbonyl (C=O) groups is 2. The third-order valence-corrected chi connectivity index (χ3v) is 5.67. The number of fused-ring (bicyclic) bond motifs is 3. The van der Waals surface area contributed by atoms with Crippen molar-refractivity contribution in [3.8, 4) is 5.75 Å². The molecule has 2 fully saturated rings. The van der Waals surface area contributed by atoms with Crippen LogP contribution in [0.5, 0.6) is 5.75 Å². The standard InChI is InChI=1S/C18H22N2O3/c1-10(14-7-11-2-3-12(14)6-11)19-18(22)13-4-5-15-16(8-13)23-9-17(21)20-15/h4-5,8,10-12,14H,2-3,6-7,9H2,1H3,(H,19,22)(H,20,21). The minimum absolute atomic E-state index is 0.000379. The molecule has 1 aliphatic heterocycles. The lowest BCUT2D eigenvalue weighted by molar-refractivity contribution is -0.118. The van der Waals surface area contributed by atoms with E-state index < -0.39 is 0 Å². The first-order chi connectivity index (χ1) is 11.1. The third-order valence-electron chi connectivity index (χ3n) is 5.67. The van der Waals surface area contributed by atoms with Crippen LogP contribution in [0.2, 0.25) is 0 Å². The van der Waals surface area contributed by atoms with Gasteiger partial charge in [-0.2, -0.15) is 0 Å². The number of amides is 2. The van der Waals surface area contributed by atoms with Crippen LogP contribution in [0.25, 0.3) is 0 Å². The SMILES string of the molecule is CC(NC(=O)c1ccc2c(c1)OCC(=O)N2)C1CC2CCC1C2. The first-order valence-corrected chi connectivity index (χ1v) is 8.47. The Balaban J connectivity index is 1.44. The van der Waals surface area contributed by atoms with Gasteiger partial charge in [0, 0.05) is 11.6 Å². The van der Waals surface area contributed by atoms with Crippen LogP contribution in [0.1, 0.15) is 43.0 Å². The number of ether oxygens (including phenoxy) is 1. The first kappa shape index (κ1) is 14.5. The zero-order chi connectivity index (χ0) is 16.0. The minimum Gasteiger partial charge on any atom is -0.482 e. The van der Waals surface area contributed by atoms with Crippen molar-refractivity contribution in [2.75, 3.05) is 11.9 Å². The molecule has 1 aromatic rings. The summed E-state index contributed by atoms with van der Waals surface area (Å²) in [6, 6.07) is 5.37. The largest absolute Gasteiger partial charge is 0.482 e. The molecule has 0 spiro atoms. The molecule has 0 aromatic heterocycles. The molecule has 122 valence electrons. The molecule has 4 unspecified atom stereocenters. The van der Waals surface area contributed by atoms with Crippen molar-refractivity contribution < 1.29 is 14.3 Å². The van der Waals surface area contributed by atoms with Gasteiger partial charge in [-0.15, -0.1) is 0 Å². The quantitative estimate of drug-likeness (QED) is 0.901. The van der Waals surface area contributed by atoms with Gasteiger partial charge in [-0.05, 0) is 62.1 Å². The van der Waals surface area contributed by atoms with E-state index in [1.54, 1.807) is 18.2 Å². The van der Waals surface area contributed by atoms with Gasteiger partial charge in [0.15, 0.2) is 6.61 Å². The molecule has 5 nitrogen and oxygen atoms in total. The van der Waals surface area contributed by atoms with Gasteiger partial charge in [-0.3, -0.25) is 9.59 Å². The third kappa shape index (κ3) is 2.69. The average Bonchev–Trinajstić information content (AvgIpc) is 3.17. The maximum Gasteiger partial charge on any atom is 0.262 e. The molecular formula is C18H22N2O3. The number of hydrogen-bond donors (Lipinski definition) is 2. The Labute approximate surface area is 135 Å². The molecule has 5 heteroatoms. The van der Waals surface area contributed by atoms with E-state index in [0.29, 0.717) is 22.9 Å². The summed E-state index contributed by atoms with van der Waals surface area (Å²) in [5.74, 6) is 2.61. The van der Waals surface area contributed by atoms with Crippen molar-refractivity contribution in [2.24, 2.45) is 17.8 Å². The van der Waals surface area contributed by atoms with E-state index in [-0.39, 0.29) is 24.5 Å². The molecule has 0 radical (unpaired) electrons. The molecule has 0 saturated heterocycles. The van der Waals surface area contributed by atoms with Crippen molar-refractivity contribution in [3.63, 3.8) is 0 Å². The first-order valence-electron chi connectivity index (χ1n) is 8.47. The molecule has 4 rings (SSSR count). The van der Waals surface area contributed by atoms with Gasteiger partial charge in [-0.1, -0.05) is 6.42 Å². The number of rotatable bonds is 3. The van der Waals surface area contributed by atoms with E-state index in [9.17, 15) is 9.59 Å². The predicted molar refractivity (Wildman–Crippen MR) is 86.4 cm³/mol. The Kier molecular flexibility index (Phi) is 3.51. The number of benzene rings is 1. The van der Waals surface area contributed by atoms with Crippen LogP contribution in [0.3, 0.4) is 0 Å². The number of carbonyl (C=O) groups excluding carboxylic acids is 2. The van der Waals surface area contributed by atoms with Gasteiger partial charge in [0.05, 0.1) is 5.69 Å². The Morgan fingerprint density at radius 2 is 2.22 bits per heavy atom. The Morgan fingerprint density at radius 1 is 1.35 bits per heavy atom. The topological polar surface area (TPSA) is 67.4 Å². The summed E-state index contributed by atoms with van der Waals surface area (Å²) >= 11 is 0. The number of nitrogens with one attached hydrogen (secondary N) is 2. The van der Waals surface area contributed by atoms with Crippen LogP contribution in [0.4, 0.5) is 5.69 Å². The fraction of sp³-hybridized carbons (Fsp3) is 0.556. The highest BCUT2D eigenvalue weighted by Crippen LogP contribution is 2.49. The van der Waals surface area contributed by atoms with E-state index >= 15 is 0 Å². The van der Waals surface area contributed by atoms with Gasteiger partial charge in [-0.25, -0.2) is 0 Å². The Hall–Kier alpha value is -2.04. The summed E-state index contributed by atoms with van der Waals surface area (Å²) in [7, 11) is 0. The lowest BCUT2D eigenvalue weighted by Gasteiger charge is -2.28. The van der Waals surface area contributed by atoms with E-state index in [4.69, 9.17) is 4.74 Å². The van der Waals surface area contributed by atoms with Crippen LogP contribution in [-0.2, 0) is 4.79 Å². The van der Waals surface area contributed by atoms with E-state index in [1.165, 1.54) is 25.7 Å². The van der Waals surface area contributed by atoms with Crippen LogP contribution in [0, 0.1) is 17.8 Å². The van der Waals surface area contributed by atoms with Gasteiger partial charge < -0.3 is 15.4 Å². The maximum atomic E-state index is 12.5. The van der Waals surface area contributed by atoms with Gasteiger partial charge in [0.25, 0.3) is 11.8 Å². The highest BCUT2D eigenvalue weighted by atomic mass is 16.5. The van der Waals surface area contributed by atoms with E-state index in [1.807, 2.05) is 0 Å². The molecule has 1 aromatic carbocycles. The van der Waals surface area contributed by atoms with Crippen molar-refractivity contribution in [1.82, 2.24) is 5.32 Å². The van der Waals surface area contributed by atoms with E-state index in [0.717, 1.165) is 11.8 Å². The Morgan fingerprint density at radius 3 is 2.96 bits per heavy atom. The summed E-state index contributed by atoms with van der Waals surface area (Å²) in [6.45, 7) is 2.12. The maximum absolute atomic E-state index is 12.5. The lowest BCUT2D eigenvalue weighted by Crippen LogP contribution is -2.40. The van der Waals surface area contributed by atoms with Crippen molar-refractivity contribution in [2.45, 2.75) is 38.6 Å². The summed E-state index contributed by atoms with van der Waals surface area (Å²) < 4.78 is 5.38. The normalized spacial score (nSPS) is 29.4. The average molecular weight is 314 g/mol. The molecule has 2 bridgehead atoms. The summed E-state index contributed by atoms with van der Waals surface area (Å²) in [5, 5.41) is 5.89. The second-order valence-electron chi connectivity index (χ2n) is 7.15. The van der Waals surface area contributed by atoms with Crippen molar-refractivity contribution in [3.05, 3.63) is 23.8 Å². The smallest absolute Gasteiger partial charge is 0.262 e. The zero-order valence-corrected chi connectivity index (χ0v) is 13.3. The molecule has 2 aliphatic carbocycles. The second kappa shape index (κ2) is 5.55. The molecule has 23 heavy (non-hydrogen) atoms. The summed E-state index contributed by atoms with van der Waals surface area (Å²) in [5.41, 5.74) is 1.20. The highest BCUT2D eigenvalue weighted by molar-refractivity contribution is 5.99. The molecule has 2 amide bonds. The van der Waals surface area contributed by atoms with Gasteiger partial charge in [0.2, 0.25) is 0 Å². The molecule has 2 N–H and O–H groups in total. The van der Waals surface area contributed by atoms with Crippen LogP contribution in [0.15, 0.2) is 18.2 Å². The fourth-order valence-corrected chi connectivity index (χ4v) is 4.52. The fourth-order valence-electron chi connectivity index (χ4n) is 4.52. The van der Waals surface area contributed by atoms with Crippen molar-refractivity contribution in [1.29, 1.82) is 0 Å². The Bertz CT molecular complexity index is 658. The highest BCUT2D eigenvalue weighted by Gasteiger charge is 2.42. The predicted octanol–water partition coefficient (Wildman–Crippen LogP) is 2.57. The minimum atomic E-state index is -0.167.